The maximum Gasteiger partial charge on any atom is 0.0897 e. The summed E-state index contributed by atoms with van der Waals surface area (Å²) in [5.74, 6) is 0. The van der Waals surface area contributed by atoms with E-state index in [4.69, 9.17) is 0 Å². The van der Waals surface area contributed by atoms with Crippen LogP contribution >= 0.6 is 11.3 Å². The maximum atomic E-state index is 4.42. The van der Waals surface area contributed by atoms with Gasteiger partial charge in [0.05, 0.1) is 22.1 Å². The Morgan fingerprint density at radius 3 is 2.76 bits per heavy atom. The molecule has 0 saturated carbocycles. The van der Waals surface area contributed by atoms with Gasteiger partial charge in [-0.2, -0.15) is 5.10 Å². The molecule has 0 fully saturated rings. The molecule has 0 atom stereocenters. The minimum atomic E-state index is 0.816. The number of thiazole rings is 1. The van der Waals surface area contributed by atoms with Gasteiger partial charge in [0.15, 0.2) is 0 Å². The molecule has 0 aliphatic rings. The Morgan fingerprint density at radius 1 is 1.35 bits per heavy atom. The molecule has 0 aliphatic heterocycles. The monoisotopic (exact) mass is 250 g/mol. The van der Waals surface area contributed by atoms with Crippen molar-refractivity contribution in [2.75, 3.05) is 0 Å². The van der Waals surface area contributed by atoms with Gasteiger partial charge in [-0.3, -0.25) is 4.68 Å². The predicted molar refractivity (Wildman–Crippen MR) is 70.0 cm³/mol. The molecule has 0 radical (unpaired) electrons. The Kier molecular flexibility index (Phi) is 3.91. The number of aryl methyl sites for hydroxylation is 3. The highest BCUT2D eigenvalue weighted by Crippen LogP contribution is 2.08. The highest BCUT2D eigenvalue weighted by atomic mass is 32.1. The molecule has 5 heteroatoms. The summed E-state index contributed by atoms with van der Waals surface area (Å²) >= 11 is 1.69. The summed E-state index contributed by atoms with van der Waals surface area (Å²) in [6, 6.07) is 2.15. The minimum absolute atomic E-state index is 0.816. The summed E-state index contributed by atoms with van der Waals surface area (Å²) in [6.45, 7) is 5.80. The van der Waals surface area contributed by atoms with Crippen LogP contribution in [0, 0.1) is 6.92 Å². The van der Waals surface area contributed by atoms with Gasteiger partial charge in [0.1, 0.15) is 0 Å². The van der Waals surface area contributed by atoms with Crippen molar-refractivity contribution in [2.24, 2.45) is 7.05 Å². The van der Waals surface area contributed by atoms with Gasteiger partial charge >= 0.3 is 0 Å². The first-order chi connectivity index (χ1) is 8.19. The molecular formula is C12H18N4S. The lowest BCUT2D eigenvalue weighted by atomic mass is 10.3. The van der Waals surface area contributed by atoms with E-state index in [0.29, 0.717) is 0 Å². The zero-order chi connectivity index (χ0) is 12.3. The molecular weight excluding hydrogens is 232 g/mol. The van der Waals surface area contributed by atoms with E-state index in [0.717, 1.165) is 35.9 Å². The smallest absolute Gasteiger partial charge is 0.0897 e. The summed E-state index contributed by atoms with van der Waals surface area (Å²) in [6.07, 6.45) is 0.985. The van der Waals surface area contributed by atoms with Crippen LogP contribution in [0.25, 0.3) is 0 Å². The first-order valence-electron chi connectivity index (χ1n) is 5.82. The first-order valence-corrected chi connectivity index (χ1v) is 6.70. The Hall–Kier alpha value is -1.20. The second-order valence-corrected chi connectivity index (χ2v) is 5.13. The van der Waals surface area contributed by atoms with Crippen molar-refractivity contribution >= 4 is 11.3 Å². The second kappa shape index (κ2) is 5.42. The fourth-order valence-electron chi connectivity index (χ4n) is 1.72. The summed E-state index contributed by atoms with van der Waals surface area (Å²) in [4.78, 5) is 4.42. The van der Waals surface area contributed by atoms with Crippen LogP contribution in [0.1, 0.15) is 29.0 Å². The zero-order valence-corrected chi connectivity index (χ0v) is 11.3. The van der Waals surface area contributed by atoms with Crippen LogP contribution in [-0.2, 0) is 26.6 Å². The Bertz CT molecular complexity index is 486. The number of nitrogens with one attached hydrogen (secondary N) is 1. The van der Waals surface area contributed by atoms with Crippen molar-refractivity contribution in [3.63, 3.8) is 0 Å². The van der Waals surface area contributed by atoms with Crippen molar-refractivity contribution < 1.29 is 0 Å². The zero-order valence-electron chi connectivity index (χ0n) is 10.5. The molecule has 0 amide bonds. The molecule has 0 spiro atoms. The van der Waals surface area contributed by atoms with Crippen molar-refractivity contribution in [3.8, 4) is 0 Å². The van der Waals surface area contributed by atoms with Crippen LogP contribution in [0.15, 0.2) is 11.4 Å². The second-order valence-electron chi connectivity index (χ2n) is 4.07. The SMILES string of the molecule is CCc1cc(CNCc2csc(C)n2)n(C)n1. The summed E-state index contributed by atoms with van der Waals surface area (Å²) in [5, 5.41) is 11.0. The van der Waals surface area contributed by atoms with E-state index in [1.165, 1.54) is 5.69 Å². The number of hydrogen-bond donors (Lipinski definition) is 1. The van der Waals surface area contributed by atoms with E-state index >= 15 is 0 Å². The van der Waals surface area contributed by atoms with Gasteiger partial charge in [-0.25, -0.2) is 4.98 Å². The first kappa shape index (κ1) is 12.3. The van der Waals surface area contributed by atoms with E-state index in [1.54, 1.807) is 11.3 Å². The molecule has 0 aliphatic carbocycles. The van der Waals surface area contributed by atoms with Gasteiger partial charge in [-0.05, 0) is 19.4 Å². The van der Waals surface area contributed by atoms with Gasteiger partial charge in [0.25, 0.3) is 0 Å². The average molecular weight is 250 g/mol. The van der Waals surface area contributed by atoms with Gasteiger partial charge in [-0.1, -0.05) is 6.92 Å². The minimum Gasteiger partial charge on any atom is -0.305 e. The lowest BCUT2D eigenvalue weighted by molar-refractivity contribution is 0.618. The van der Waals surface area contributed by atoms with Crippen molar-refractivity contribution in [2.45, 2.75) is 33.4 Å². The normalized spacial score (nSPS) is 11.0. The fraction of sp³-hybridized carbons (Fsp3) is 0.500. The molecule has 2 rings (SSSR count). The van der Waals surface area contributed by atoms with Crippen LogP contribution in [0.5, 0.6) is 0 Å². The third-order valence-corrected chi connectivity index (χ3v) is 3.49. The van der Waals surface area contributed by atoms with Crippen LogP contribution in [0.3, 0.4) is 0 Å². The van der Waals surface area contributed by atoms with E-state index < -0.39 is 0 Å². The quantitative estimate of drug-likeness (QED) is 0.883. The molecule has 4 nitrogen and oxygen atoms in total. The highest BCUT2D eigenvalue weighted by Gasteiger charge is 2.03. The molecule has 92 valence electrons. The molecule has 17 heavy (non-hydrogen) atoms. The Balaban J connectivity index is 1.87. The number of aromatic nitrogens is 3. The molecule has 0 aromatic carbocycles. The number of nitrogens with zero attached hydrogens (tertiary/aromatic N) is 3. The third kappa shape index (κ3) is 3.14. The summed E-state index contributed by atoms with van der Waals surface area (Å²) in [7, 11) is 1.99. The third-order valence-electron chi connectivity index (χ3n) is 2.67. The van der Waals surface area contributed by atoms with Crippen molar-refractivity contribution in [3.05, 3.63) is 33.5 Å². The molecule has 0 unspecified atom stereocenters. The van der Waals surface area contributed by atoms with Crippen molar-refractivity contribution in [1.82, 2.24) is 20.1 Å². The number of rotatable bonds is 5. The molecule has 2 heterocycles. The van der Waals surface area contributed by atoms with E-state index in [-0.39, 0.29) is 0 Å². The molecule has 0 saturated heterocycles. The van der Waals surface area contributed by atoms with Crippen LogP contribution in [-0.4, -0.2) is 14.8 Å². The average Bonchev–Trinajstić information content (AvgIpc) is 2.86. The lowest BCUT2D eigenvalue weighted by Crippen LogP contribution is -2.15. The van der Waals surface area contributed by atoms with Crippen LogP contribution in [0.2, 0.25) is 0 Å². The van der Waals surface area contributed by atoms with Crippen LogP contribution in [0.4, 0.5) is 0 Å². The van der Waals surface area contributed by atoms with Gasteiger partial charge in [0.2, 0.25) is 0 Å². The van der Waals surface area contributed by atoms with E-state index in [9.17, 15) is 0 Å². The Labute approximate surface area is 106 Å². The van der Waals surface area contributed by atoms with Crippen molar-refractivity contribution in [1.29, 1.82) is 0 Å². The van der Waals surface area contributed by atoms with E-state index in [2.05, 4.69) is 33.8 Å². The summed E-state index contributed by atoms with van der Waals surface area (Å²) in [5.41, 5.74) is 3.48. The van der Waals surface area contributed by atoms with Gasteiger partial charge in [-0.15, -0.1) is 11.3 Å². The van der Waals surface area contributed by atoms with Gasteiger partial charge < -0.3 is 5.32 Å². The standard InChI is InChI=1S/C12H18N4S/c1-4-10-5-12(16(3)15-10)7-13-6-11-8-17-9(2)14-11/h5,8,13H,4,6-7H2,1-3H3. The number of hydrogen-bond acceptors (Lipinski definition) is 4. The molecule has 2 aromatic heterocycles. The highest BCUT2D eigenvalue weighted by molar-refractivity contribution is 7.09. The van der Waals surface area contributed by atoms with Gasteiger partial charge in [0, 0.05) is 25.5 Å². The Morgan fingerprint density at radius 2 is 2.18 bits per heavy atom. The molecule has 2 aromatic rings. The summed E-state index contributed by atoms with van der Waals surface area (Å²) < 4.78 is 1.94. The van der Waals surface area contributed by atoms with Crippen LogP contribution < -0.4 is 5.32 Å². The lowest BCUT2D eigenvalue weighted by Gasteiger charge is -2.02. The predicted octanol–water partition coefficient (Wildman–Crippen LogP) is 2.04. The topological polar surface area (TPSA) is 42.7 Å². The maximum absolute atomic E-state index is 4.42. The molecule has 1 N–H and O–H groups in total. The largest absolute Gasteiger partial charge is 0.305 e. The fourth-order valence-corrected chi connectivity index (χ4v) is 2.33. The van der Waals surface area contributed by atoms with E-state index in [1.807, 2.05) is 18.7 Å². The molecule has 0 bridgehead atoms.